The van der Waals surface area contributed by atoms with Gasteiger partial charge in [-0.15, -0.1) is 0 Å². The number of nitrogens with zero attached hydrogens (tertiary/aromatic N) is 3. The van der Waals surface area contributed by atoms with Gasteiger partial charge in [0.1, 0.15) is 22.9 Å². The van der Waals surface area contributed by atoms with E-state index in [0.717, 1.165) is 47.2 Å². The molecule has 0 bridgehead atoms. The molecule has 2 aromatic carbocycles. The van der Waals surface area contributed by atoms with E-state index in [-0.39, 0.29) is 5.54 Å². The van der Waals surface area contributed by atoms with Crippen LogP contribution in [-0.2, 0) is 5.54 Å². The molecule has 1 atom stereocenters. The topological polar surface area (TPSA) is 80.3 Å². The largest absolute Gasteiger partial charge is 0.382 e. The Hall–Kier alpha value is -3.64. The van der Waals surface area contributed by atoms with Gasteiger partial charge in [-0.1, -0.05) is 61.0 Å². The normalized spacial score (nSPS) is 25.1. The van der Waals surface area contributed by atoms with Gasteiger partial charge in [0.15, 0.2) is 0 Å². The van der Waals surface area contributed by atoms with Gasteiger partial charge in [-0.25, -0.2) is 9.97 Å². The number of anilines is 2. The number of imidazole rings is 1. The number of nitrogen functional groups attached to an aromatic ring is 1. The summed E-state index contributed by atoms with van der Waals surface area (Å²) in [7, 11) is 0. The number of hydrogen-bond donors (Lipinski definition) is 3. The van der Waals surface area contributed by atoms with E-state index in [0.29, 0.717) is 17.8 Å². The van der Waals surface area contributed by atoms with E-state index in [1.54, 1.807) is 6.20 Å². The van der Waals surface area contributed by atoms with E-state index in [1.807, 2.05) is 6.20 Å². The SMILES string of the molecule is CC1(c2ccccc2)C=Cc2ccc(-c3nc([C@H]4C[C@@H](NC5CCC5)C4)n4ccnc(N)c34)cc2N1. The van der Waals surface area contributed by atoms with Crippen molar-refractivity contribution < 1.29 is 0 Å². The van der Waals surface area contributed by atoms with Gasteiger partial charge in [0.05, 0.1) is 5.54 Å². The fourth-order valence-corrected chi connectivity index (χ4v) is 5.94. The molecule has 2 fully saturated rings. The van der Waals surface area contributed by atoms with Crippen molar-refractivity contribution in [2.75, 3.05) is 11.1 Å². The highest BCUT2D eigenvalue weighted by Crippen LogP contribution is 2.42. The average Bonchev–Trinajstić information content (AvgIpc) is 3.23. The van der Waals surface area contributed by atoms with E-state index in [9.17, 15) is 0 Å². The van der Waals surface area contributed by atoms with Crippen LogP contribution in [0.1, 0.15) is 61.9 Å². The van der Waals surface area contributed by atoms with Crippen LogP contribution in [0.5, 0.6) is 0 Å². The summed E-state index contributed by atoms with van der Waals surface area (Å²) in [5, 5.41) is 7.59. The van der Waals surface area contributed by atoms with Crippen LogP contribution in [0.25, 0.3) is 22.9 Å². The number of fused-ring (bicyclic) bond motifs is 2. The second kappa shape index (κ2) is 8.20. The second-order valence-electron chi connectivity index (χ2n) is 10.8. The third-order valence-electron chi connectivity index (χ3n) is 8.38. The molecule has 2 aliphatic carbocycles. The zero-order valence-electron chi connectivity index (χ0n) is 20.6. The Labute approximate surface area is 211 Å². The van der Waals surface area contributed by atoms with Crippen LogP contribution in [0, 0.1) is 0 Å². The van der Waals surface area contributed by atoms with Gasteiger partial charge in [-0.3, -0.25) is 4.40 Å². The van der Waals surface area contributed by atoms with E-state index < -0.39 is 0 Å². The number of aromatic nitrogens is 3. The lowest BCUT2D eigenvalue weighted by Gasteiger charge is -2.40. The first-order chi connectivity index (χ1) is 17.6. The highest BCUT2D eigenvalue weighted by Gasteiger charge is 2.36. The summed E-state index contributed by atoms with van der Waals surface area (Å²) in [6, 6.07) is 18.4. The first kappa shape index (κ1) is 21.6. The predicted octanol–water partition coefficient (Wildman–Crippen LogP) is 5.72. The number of benzene rings is 2. The Bertz CT molecular complexity index is 1460. The Morgan fingerprint density at radius 3 is 2.69 bits per heavy atom. The van der Waals surface area contributed by atoms with Crippen molar-refractivity contribution in [2.24, 2.45) is 0 Å². The quantitative estimate of drug-likeness (QED) is 0.343. The standard InChI is InChI=1S/C30H32N6/c1-30(22-6-3-2-4-7-22)13-12-19-10-11-20(18-25(19)35-30)26-27-28(31)32-14-15-36(27)29(34-26)21-16-24(17-21)33-23-8-5-9-23/h2-4,6-7,10-15,18,21,23-24,33,35H,5,8-9,16-17H2,1H3,(H2,31,32)/t21-,24+,30?. The van der Waals surface area contributed by atoms with Gasteiger partial charge in [0.25, 0.3) is 0 Å². The van der Waals surface area contributed by atoms with Crippen molar-refractivity contribution in [2.45, 2.75) is 62.6 Å². The molecule has 6 heteroatoms. The average molecular weight is 477 g/mol. The van der Waals surface area contributed by atoms with E-state index in [4.69, 9.17) is 10.7 Å². The lowest BCUT2D eigenvalue weighted by Crippen LogP contribution is -2.48. The maximum absolute atomic E-state index is 6.43. The summed E-state index contributed by atoms with van der Waals surface area (Å²) >= 11 is 0. The molecule has 1 unspecified atom stereocenters. The molecular weight excluding hydrogens is 444 g/mol. The van der Waals surface area contributed by atoms with Crippen molar-refractivity contribution in [3.8, 4) is 11.3 Å². The summed E-state index contributed by atoms with van der Waals surface area (Å²) in [4.78, 5) is 9.61. The first-order valence-electron chi connectivity index (χ1n) is 13.1. The summed E-state index contributed by atoms with van der Waals surface area (Å²) in [5.41, 5.74) is 12.5. The van der Waals surface area contributed by atoms with Crippen LogP contribution in [-0.4, -0.2) is 26.5 Å². The molecule has 0 radical (unpaired) electrons. The molecule has 182 valence electrons. The lowest BCUT2D eigenvalue weighted by molar-refractivity contribution is 0.215. The Balaban J connectivity index is 1.23. The predicted molar refractivity (Wildman–Crippen MR) is 146 cm³/mol. The molecule has 7 rings (SSSR count). The number of rotatable bonds is 5. The maximum atomic E-state index is 6.43. The molecule has 6 nitrogen and oxygen atoms in total. The smallest absolute Gasteiger partial charge is 0.150 e. The van der Waals surface area contributed by atoms with Gasteiger partial charge in [-0.05, 0) is 49.8 Å². The van der Waals surface area contributed by atoms with Crippen molar-refractivity contribution in [1.29, 1.82) is 0 Å². The van der Waals surface area contributed by atoms with Gasteiger partial charge >= 0.3 is 0 Å². The molecule has 0 spiro atoms. The minimum Gasteiger partial charge on any atom is -0.382 e. The molecule has 0 amide bonds. The molecule has 2 saturated carbocycles. The van der Waals surface area contributed by atoms with Crippen LogP contribution in [0.3, 0.4) is 0 Å². The molecule has 1 aliphatic heterocycles. The third-order valence-corrected chi connectivity index (χ3v) is 8.38. The van der Waals surface area contributed by atoms with E-state index in [1.165, 1.54) is 30.4 Å². The Kier molecular flexibility index (Phi) is 4.93. The molecule has 0 saturated heterocycles. The highest BCUT2D eigenvalue weighted by molar-refractivity contribution is 5.88. The first-order valence-corrected chi connectivity index (χ1v) is 13.1. The van der Waals surface area contributed by atoms with Crippen LogP contribution in [0.4, 0.5) is 11.5 Å². The minimum absolute atomic E-state index is 0.275. The van der Waals surface area contributed by atoms with Gasteiger partial charge in [0.2, 0.25) is 0 Å². The van der Waals surface area contributed by atoms with Gasteiger partial charge in [-0.2, -0.15) is 0 Å². The van der Waals surface area contributed by atoms with E-state index >= 15 is 0 Å². The summed E-state index contributed by atoms with van der Waals surface area (Å²) in [6.45, 7) is 2.21. The molecule has 3 heterocycles. The summed E-state index contributed by atoms with van der Waals surface area (Å²) in [6.07, 6.45) is 14.5. The monoisotopic (exact) mass is 476 g/mol. The molecule has 4 N–H and O–H groups in total. The maximum Gasteiger partial charge on any atom is 0.150 e. The molecule has 36 heavy (non-hydrogen) atoms. The molecule has 4 aromatic rings. The summed E-state index contributed by atoms with van der Waals surface area (Å²) in [5.74, 6) is 2.06. The van der Waals surface area contributed by atoms with Crippen LogP contribution < -0.4 is 16.4 Å². The van der Waals surface area contributed by atoms with Gasteiger partial charge in [0, 0.05) is 41.6 Å². The number of hydrogen-bond acceptors (Lipinski definition) is 5. The van der Waals surface area contributed by atoms with Crippen LogP contribution in [0.15, 0.2) is 67.0 Å². The third kappa shape index (κ3) is 3.51. The van der Waals surface area contributed by atoms with E-state index in [2.05, 4.69) is 87.6 Å². The zero-order chi connectivity index (χ0) is 24.3. The Morgan fingerprint density at radius 1 is 1.08 bits per heavy atom. The van der Waals surface area contributed by atoms with Crippen LogP contribution >= 0.6 is 0 Å². The molecule has 2 aromatic heterocycles. The van der Waals surface area contributed by atoms with Crippen molar-refractivity contribution in [3.63, 3.8) is 0 Å². The molecule has 3 aliphatic rings. The Morgan fingerprint density at radius 2 is 1.92 bits per heavy atom. The van der Waals surface area contributed by atoms with Crippen molar-refractivity contribution in [3.05, 3.63) is 84.0 Å². The fraction of sp³-hybridized carbons (Fsp3) is 0.333. The number of nitrogens with one attached hydrogen (secondary N) is 2. The minimum atomic E-state index is -0.275. The van der Waals surface area contributed by atoms with Gasteiger partial charge < -0.3 is 16.4 Å². The second-order valence-corrected chi connectivity index (χ2v) is 10.8. The van der Waals surface area contributed by atoms with Crippen molar-refractivity contribution >= 4 is 23.1 Å². The highest BCUT2D eigenvalue weighted by atomic mass is 15.1. The molecular formula is C30H32N6. The number of nitrogens with two attached hydrogens (primary N) is 1. The van der Waals surface area contributed by atoms with Crippen LogP contribution in [0.2, 0.25) is 0 Å². The zero-order valence-corrected chi connectivity index (χ0v) is 20.6. The lowest BCUT2D eigenvalue weighted by atomic mass is 9.78. The summed E-state index contributed by atoms with van der Waals surface area (Å²) < 4.78 is 2.17. The van der Waals surface area contributed by atoms with Crippen molar-refractivity contribution in [1.82, 2.24) is 19.7 Å². The fourth-order valence-electron chi connectivity index (χ4n) is 5.94.